The molecule has 0 aliphatic carbocycles. The molecule has 2 aliphatic heterocycles. The summed E-state index contributed by atoms with van der Waals surface area (Å²) in [5.74, 6) is 0.747. The Labute approximate surface area is 196 Å². The topological polar surface area (TPSA) is 94.0 Å². The molecule has 1 aromatic heterocycles. The summed E-state index contributed by atoms with van der Waals surface area (Å²) in [7, 11) is 1.67. The Hall–Kier alpha value is -3.72. The lowest BCUT2D eigenvalue weighted by Gasteiger charge is -2.37. The average Bonchev–Trinajstić information content (AvgIpc) is 2.89. The first-order valence-electron chi connectivity index (χ1n) is 11.4. The van der Waals surface area contributed by atoms with E-state index in [1.807, 2.05) is 24.3 Å². The average molecular weight is 463 g/mol. The molecule has 2 aromatic carbocycles. The van der Waals surface area contributed by atoms with Crippen molar-refractivity contribution in [1.82, 2.24) is 14.5 Å². The number of hydrogen-bond acceptors (Lipinski definition) is 6. The van der Waals surface area contributed by atoms with Crippen LogP contribution in [0.1, 0.15) is 12.2 Å². The maximum Gasteiger partial charge on any atom is 0.265 e. The van der Waals surface area contributed by atoms with Crippen molar-refractivity contribution in [2.24, 2.45) is 7.05 Å². The highest BCUT2D eigenvalue weighted by molar-refractivity contribution is 5.97. The van der Waals surface area contributed by atoms with E-state index >= 15 is 0 Å². The van der Waals surface area contributed by atoms with Crippen LogP contribution in [0.3, 0.4) is 0 Å². The van der Waals surface area contributed by atoms with Gasteiger partial charge in [-0.15, -0.1) is 0 Å². The summed E-state index contributed by atoms with van der Waals surface area (Å²) < 4.78 is 12.8. The number of para-hydroxylation sites is 3. The predicted octanol–water partition coefficient (Wildman–Crippen LogP) is 1.52. The van der Waals surface area contributed by atoms with Crippen molar-refractivity contribution >= 4 is 28.4 Å². The molecule has 3 heterocycles. The largest absolute Gasteiger partial charge is 0.476 e. The number of anilines is 1. The number of rotatable bonds is 4. The number of benzene rings is 2. The first-order chi connectivity index (χ1) is 16.5. The fourth-order valence-electron chi connectivity index (χ4n) is 4.43. The van der Waals surface area contributed by atoms with Crippen LogP contribution in [0.5, 0.6) is 5.75 Å². The number of amides is 2. The molecule has 0 unspecified atom stereocenters. The van der Waals surface area contributed by atoms with E-state index in [0.717, 1.165) is 0 Å². The van der Waals surface area contributed by atoms with Gasteiger partial charge in [0.05, 0.1) is 36.3 Å². The Morgan fingerprint density at radius 1 is 1.06 bits per heavy atom. The molecule has 9 heteroatoms. The van der Waals surface area contributed by atoms with E-state index in [2.05, 4.69) is 4.98 Å². The molecular formula is C25H26N4O5. The molecule has 1 fully saturated rings. The second kappa shape index (κ2) is 9.26. The second-order valence-corrected chi connectivity index (χ2v) is 8.43. The van der Waals surface area contributed by atoms with Crippen molar-refractivity contribution in [2.75, 3.05) is 37.7 Å². The highest BCUT2D eigenvalue weighted by atomic mass is 16.5. The second-order valence-electron chi connectivity index (χ2n) is 8.43. The minimum absolute atomic E-state index is 0.135. The van der Waals surface area contributed by atoms with Crippen molar-refractivity contribution < 1.29 is 19.1 Å². The summed E-state index contributed by atoms with van der Waals surface area (Å²) in [5.41, 5.74) is 1.11. The third-order valence-electron chi connectivity index (χ3n) is 6.31. The van der Waals surface area contributed by atoms with Crippen LogP contribution in [0.4, 0.5) is 5.69 Å². The van der Waals surface area contributed by atoms with Crippen LogP contribution in [0.15, 0.2) is 53.3 Å². The number of aryl methyl sites for hydroxylation is 1. The monoisotopic (exact) mass is 462 g/mol. The number of nitrogens with zero attached hydrogens (tertiary/aromatic N) is 4. The first kappa shape index (κ1) is 22.1. The van der Waals surface area contributed by atoms with Crippen LogP contribution < -0.4 is 15.2 Å². The highest BCUT2D eigenvalue weighted by Crippen LogP contribution is 2.34. The Morgan fingerprint density at radius 2 is 1.79 bits per heavy atom. The summed E-state index contributed by atoms with van der Waals surface area (Å²) >= 11 is 0. The molecule has 2 amide bonds. The molecule has 5 rings (SSSR count). The molecule has 2 aliphatic rings. The number of ether oxygens (including phenoxy) is 2. The van der Waals surface area contributed by atoms with E-state index in [9.17, 15) is 14.4 Å². The summed E-state index contributed by atoms with van der Waals surface area (Å²) in [6, 6.07) is 14.4. The SMILES string of the molecule is Cn1c(CCC(=O)N2C[C@@H](C(=O)N3CCOCC3)Oc3ccccc32)nc2ccccc2c1=O. The third-order valence-corrected chi connectivity index (χ3v) is 6.31. The van der Waals surface area contributed by atoms with Gasteiger partial charge in [-0.1, -0.05) is 24.3 Å². The van der Waals surface area contributed by atoms with Crippen LogP contribution in [-0.2, 0) is 27.8 Å². The van der Waals surface area contributed by atoms with E-state index in [1.54, 1.807) is 41.1 Å². The molecule has 0 spiro atoms. The highest BCUT2D eigenvalue weighted by Gasteiger charge is 2.36. The van der Waals surface area contributed by atoms with Gasteiger partial charge in [0.1, 0.15) is 11.6 Å². The lowest BCUT2D eigenvalue weighted by atomic mass is 10.1. The summed E-state index contributed by atoms with van der Waals surface area (Å²) in [6.07, 6.45) is -0.331. The van der Waals surface area contributed by atoms with Crippen molar-refractivity contribution in [3.8, 4) is 5.75 Å². The fraction of sp³-hybridized carbons (Fsp3) is 0.360. The third kappa shape index (κ3) is 4.14. The quantitative estimate of drug-likeness (QED) is 0.584. The van der Waals surface area contributed by atoms with Crippen LogP contribution in [0.2, 0.25) is 0 Å². The lowest BCUT2D eigenvalue weighted by Crippen LogP contribution is -2.54. The molecule has 0 radical (unpaired) electrons. The summed E-state index contributed by atoms with van der Waals surface area (Å²) in [6.45, 7) is 2.15. The molecule has 0 saturated carbocycles. The standard InChI is InChI=1S/C25H26N4O5/c1-27-22(26-18-7-3-2-6-17(18)24(27)31)10-11-23(30)29-16-21(25(32)28-12-14-33-15-13-28)34-20-9-5-4-8-19(20)29/h2-9,21H,10-16H2,1H3/t21-/m0/s1. The molecule has 34 heavy (non-hydrogen) atoms. The van der Waals surface area contributed by atoms with E-state index in [0.29, 0.717) is 60.9 Å². The molecule has 9 nitrogen and oxygen atoms in total. The minimum atomic E-state index is -0.778. The van der Waals surface area contributed by atoms with Gasteiger partial charge in [-0.2, -0.15) is 0 Å². The van der Waals surface area contributed by atoms with Crippen molar-refractivity contribution in [3.63, 3.8) is 0 Å². The number of aromatic nitrogens is 2. The Kier molecular flexibility index (Phi) is 6.02. The Bertz CT molecular complexity index is 1300. The van der Waals surface area contributed by atoms with Gasteiger partial charge < -0.3 is 19.3 Å². The van der Waals surface area contributed by atoms with Gasteiger partial charge in [-0.25, -0.2) is 4.98 Å². The van der Waals surface area contributed by atoms with Crippen molar-refractivity contribution in [1.29, 1.82) is 0 Å². The normalized spacial score (nSPS) is 17.9. The lowest BCUT2D eigenvalue weighted by molar-refractivity contribution is -0.142. The summed E-state index contributed by atoms with van der Waals surface area (Å²) in [4.78, 5) is 47.0. The van der Waals surface area contributed by atoms with Gasteiger partial charge in [0, 0.05) is 33.0 Å². The van der Waals surface area contributed by atoms with Gasteiger partial charge in [0.2, 0.25) is 5.91 Å². The van der Waals surface area contributed by atoms with E-state index in [1.165, 1.54) is 4.57 Å². The smallest absolute Gasteiger partial charge is 0.265 e. The molecule has 1 atom stereocenters. The zero-order valence-corrected chi connectivity index (χ0v) is 19.0. The van der Waals surface area contributed by atoms with Crippen molar-refractivity contribution in [2.45, 2.75) is 18.9 Å². The van der Waals surface area contributed by atoms with Crippen LogP contribution in [-0.4, -0.2) is 65.2 Å². The molecule has 0 N–H and O–H groups in total. The first-order valence-corrected chi connectivity index (χ1v) is 11.4. The van der Waals surface area contributed by atoms with Gasteiger partial charge in [0.25, 0.3) is 11.5 Å². The van der Waals surface area contributed by atoms with Gasteiger partial charge in [-0.05, 0) is 24.3 Å². The molecule has 3 aromatic rings. The van der Waals surface area contributed by atoms with E-state index < -0.39 is 6.10 Å². The zero-order chi connectivity index (χ0) is 23.7. The van der Waals surface area contributed by atoms with Crippen molar-refractivity contribution in [3.05, 3.63) is 64.7 Å². The van der Waals surface area contributed by atoms with E-state index in [4.69, 9.17) is 9.47 Å². The molecule has 176 valence electrons. The van der Waals surface area contributed by atoms with Gasteiger partial charge >= 0.3 is 0 Å². The molecular weight excluding hydrogens is 436 g/mol. The number of hydrogen-bond donors (Lipinski definition) is 0. The van der Waals surface area contributed by atoms with E-state index in [-0.39, 0.29) is 30.3 Å². The number of fused-ring (bicyclic) bond motifs is 2. The predicted molar refractivity (Wildman–Crippen MR) is 126 cm³/mol. The summed E-state index contributed by atoms with van der Waals surface area (Å²) in [5, 5.41) is 0.548. The van der Waals surface area contributed by atoms with Gasteiger partial charge in [-0.3, -0.25) is 19.0 Å². The van der Waals surface area contributed by atoms with Gasteiger partial charge in [0.15, 0.2) is 6.10 Å². The number of carbonyl (C=O) groups is 2. The van der Waals surface area contributed by atoms with Crippen LogP contribution in [0, 0.1) is 0 Å². The minimum Gasteiger partial charge on any atom is -0.476 e. The van der Waals surface area contributed by atoms with Crippen LogP contribution in [0.25, 0.3) is 10.9 Å². The Balaban J connectivity index is 1.36. The molecule has 1 saturated heterocycles. The maximum absolute atomic E-state index is 13.3. The van der Waals surface area contributed by atoms with Crippen LogP contribution >= 0.6 is 0 Å². The molecule has 0 bridgehead atoms. The number of morpholine rings is 1. The maximum atomic E-state index is 13.3. The zero-order valence-electron chi connectivity index (χ0n) is 19.0. The Morgan fingerprint density at radius 3 is 2.62 bits per heavy atom. The fourth-order valence-corrected chi connectivity index (χ4v) is 4.43. The number of carbonyl (C=O) groups excluding carboxylic acids is 2.